The highest BCUT2D eigenvalue weighted by atomic mass is 32.1. The molecular weight excluding hydrogens is 312 g/mol. The van der Waals surface area contributed by atoms with Gasteiger partial charge in [-0.05, 0) is 37.8 Å². The standard InChI is InChI=1S/C17H22N2O3S/c20-16-8-11(10-19(16)12-3-4-12)9-18-17(21)15-6-5-14(23-15)13-2-1-7-22-13/h5-6,11-13H,1-4,7-10H2,(H,18,21). The molecule has 124 valence electrons. The summed E-state index contributed by atoms with van der Waals surface area (Å²) in [6.07, 6.45) is 5.17. The number of amides is 2. The van der Waals surface area contributed by atoms with Crippen molar-refractivity contribution < 1.29 is 14.3 Å². The molecule has 2 aliphatic heterocycles. The topological polar surface area (TPSA) is 58.6 Å². The van der Waals surface area contributed by atoms with Crippen molar-refractivity contribution >= 4 is 23.2 Å². The van der Waals surface area contributed by atoms with Crippen molar-refractivity contribution in [1.29, 1.82) is 0 Å². The zero-order valence-electron chi connectivity index (χ0n) is 13.1. The van der Waals surface area contributed by atoms with Gasteiger partial charge in [0.1, 0.15) is 0 Å². The van der Waals surface area contributed by atoms with Gasteiger partial charge < -0.3 is 15.0 Å². The van der Waals surface area contributed by atoms with Crippen molar-refractivity contribution in [3.8, 4) is 0 Å². The summed E-state index contributed by atoms with van der Waals surface area (Å²) in [6.45, 7) is 2.20. The van der Waals surface area contributed by atoms with Crippen molar-refractivity contribution in [2.45, 2.75) is 44.2 Å². The number of nitrogens with zero attached hydrogens (tertiary/aromatic N) is 1. The molecule has 1 N–H and O–H groups in total. The van der Waals surface area contributed by atoms with Crippen LogP contribution in [0.2, 0.25) is 0 Å². The second kappa shape index (κ2) is 6.24. The normalized spacial score (nSPS) is 27.7. The molecule has 5 nitrogen and oxygen atoms in total. The Kier molecular flexibility index (Phi) is 4.11. The zero-order valence-corrected chi connectivity index (χ0v) is 13.9. The second-order valence-electron chi connectivity index (χ2n) is 6.76. The minimum absolute atomic E-state index is 0.0310. The average Bonchev–Trinajstić information content (AvgIpc) is 2.98. The molecule has 3 heterocycles. The van der Waals surface area contributed by atoms with Crippen molar-refractivity contribution in [3.63, 3.8) is 0 Å². The van der Waals surface area contributed by atoms with E-state index in [0.717, 1.165) is 48.6 Å². The Labute approximate surface area is 140 Å². The van der Waals surface area contributed by atoms with E-state index in [0.29, 0.717) is 19.0 Å². The molecule has 2 saturated heterocycles. The molecular formula is C17H22N2O3S. The van der Waals surface area contributed by atoms with Crippen LogP contribution in [-0.2, 0) is 9.53 Å². The van der Waals surface area contributed by atoms with Crippen LogP contribution in [0.4, 0.5) is 0 Å². The summed E-state index contributed by atoms with van der Waals surface area (Å²) in [7, 11) is 0. The molecule has 2 unspecified atom stereocenters. The van der Waals surface area contributed by atoms with Gasteiger partial charge in [-0.2, -0.15) is 0 Å². The van der Waals surface area contributed by atoms with Crippen LogP contribution in [-0.4, -0.2) is 42.5 Å². The first kappa shape index (κ1) is 15.1. The van der Waals surface area contributed by atoms with Crippen LogP contribution in [0, 0.1) is 5.92 Å². The quantitative estimate of drug-likeness (QED) is 0.899. The van der Waals surface area contributed by atoms with Gasteiger partial charge in [0.25, 0.3) is 5.91 Å². The number of thiophene rings is 1. The van der Waals surface area contributed by atoms with Gasteiger partial charge in [-0.3, -0.25) is 9.59 Å². The Morgan fingerprint density at radius 2 is 2.22 bits per heavy atom. The van der Waals surface area contributed by atoms with Crippen molar-refractivity contribution in [2.24, 2.45) is 5.92 Å². The molecule has 3 fully saturated rings. The van der Waals surface area contributed by atoms with Gasteiger partial charge in [-0.25, -0.2) is 0 Å². The third-order valence-corrected chi connectivity index (χ3v) is 6.05. The van der Waals surface area contributed by atoms with E-state index < -0.39 is 0 Å². The van der Waals surface area contributed by atoms with Gasteiger partial charge in [-0.15, -0.1) is 11.3 Å². The lowest BCUT2D eigenvalue weighted by atomic mass is 10.1. The van der Waals surface area contributed by atoms with Crippen LogP contribution in [0.5, 0.6) is 0 Å². The van der Waals surface area contributed by atoms with E-state index in [1.54, 1.807) is 0 Å². The Morgan fingerprint density at radius 3 is 2.96 bits per heavy atom. The van der Waals surface area contributed by atoms with E-state index in [1.807, 2.05) is 17.0 Å². The Morgan fingerprint density at radius 1 is 1.35 bits per heavy atom. The number of hydrogen-bond acceptors (Lipinski definition) is 4. The SMILES string of the molecule is O=C(NCC1CC(=O)N(C2CC2)C1)c1ccc(C2CCCO2)s1. The summed E-state index contributed by atoms with van der Waals surface area (Å²) in [5.74, 6) is 0.477. The Balaban J connectivity index is 1.29. The number of hydrogen-bond donors (Lipinski definition) is 1. The van der Waals surface area contributed by atoms with Crippen molar-refractivity contribution in [3.05, 3.63) is 21.9 Å². The number of carbonyl (C=O) groups excluding carboxylic acids is 2. The minimum Gasteiger partial charge on any atom is -0.373 e. The highest BCUT2D eigenvalue weighted by molar-refractivity contribution is 7.14. The maximum atomic E-state index is 12.3. The predicted molar refractivity (Wildman–Crippen MR) is 87.4 cm³/mol. The van der Waals surface area contributed by atoms with Gasteiger partial charge in [-0.1, -0.05) is 0 Å². The highest BCUT2D eigenvalue weighted by Gasteiger charge is 2.39. The average molecular weight is 334 g/mol. The number of rotatable bonds is 5. The van der Waals surface area contributed by atoms with E-state index >= 15 is 0 Å². The van der Waals surface area contributed by atoms with Crippen LogP contribution in [0.3, 0.4) is 0 Å². The summed E-state index contributed by atoms with van der Waals surface area (Å²) < 4.78 is 5.66. The van der Waals surface area contributed by atoms with E-state index in [4.69, 9.17) is 4.74 Å². The Hall–Kier alpha value is -1.40. The number of nitrogens with one attached hydrogen (secondary N) is 1. The fourth-order valence-electron chi connectivity index (χ4n) is 3.46. The third-order valence-electron chi connectivity index (χ3n) is 4.88. The molecule has 6 heteroatoms. The maximum Gasteiger partial charge on any atom is 0.261 e. The Bertz CT molecular complexity index is 605. The van der Waals surface area contributed by atoms with Gasteiger partial charge >= 0.3 is 0 Å². The van der Waals surface area contributed by atoms with Gasteiger partial charge in [0, 0.05) is 43.0 Å². The van der Waals surface area contributed by atoms with E-state index in [-0.39, 0.29) is 23.8 Å². The van der Waals surface area contributed by atoms with Crippen LogP contribution in [0.15, 0.2) is 12.1 Å². The van der Waals surface area contributed by atoms with Crippen LogP contribution >= 0.6 is 11.3 Å². The number of likely N-dealkylation sites (tertiary alicyclic amines) is 1. The summed E-state index contributed by atoms with van der Waals surface area (Å²) >= 11 is 1.52. The maximum absolute atomic E-state index is 12.3. The van der Waals surface area contributed by atoms with Crippen LogP contribution in [0.25, 0.3) is 0 Å². The van der Waals surface area contributed by atoms with Crippen LogP contribution < -0.4 is 5.32 Å². The second-order valence-corrected chi connectivity index (χ2v) is 7.88. The third kappa shape index (κ3) is 3.28. The summed E-state index contributed by atoms with van der Waals surface area (Å²) in [5.41, 5.74) is 0. The molecule has 0 aromatic carbocycles. The minimum atomic E-state index is -0.0310. The molecule has 1 saturated carbocycles. The molecule has 2 amide bonds. The van der Waals surface area contributed by atoms with Gasteiger partial charge in [0.2, 0.25) is 5.91 Å². The lowest BCUT2D eigenvalue weighted by Gasteiger charge is -2.15. The molecule has 1 aromatic rings. The molecule has 4 rings (SSSR count). The number of ether oxygens (including phenoxy) is 1. The molecule has 0 radical (unpaired) electrons. The van der Waals surface area contributed by atoms with Crippen LogP contribution in [0.1, 0.15) is 52.8 Å². The van der Waals surface area contributed by atoms with E-state index in [1.165, 1.54) is 11.3 Å². The molecule has 3 aliphatic rings. The molecule has 1 aromatic heterocycles. The van der Waals surface area contributed by atoms with E-state index in [2.05, 4.69) is 5.32 Å². The first-order chi connectivity index (χ1) is 11.2. The molecule has 0 spiro atoms. The first-order valence-corrected chi connectivity index (χ1v) is 9.31. The highest BCUT2D eigenvalue weighted by Crippen LogP contribution is 2.34. The lowest BCUT2D eigenvalue weighted by Crippen LogP contribution is -2.31. The molecule has 0 bridgehead atoms. The summed E-state index contributed by atoms with van der Waals surface area (Å²) in [6, 6.07) is 4.37. The zero-order chi connectivity index (χ0) is 15.8. The number of carbonyl (C=O) groups is 2. The monoisotopic (exact) mass is 334 g/mol. The fraction of sp³-hybridized carbons (Fsp3) is 0.647. The summed E-state index contributed by atoms with van der Waals surface area (Å²) in [5, 5.41) is 3.00. The predicted octanol–water partition coefficient (Wildman–Crippen LogP) is 2.34. The van der Waals surface area contributed by atoms with Gasteiger partial charge in [0.05, 0.1) is 11.0 Å². The molecule has 1 aliphatic carbocycles. The first-order valence-electron chi connectivity index (χ1n) is 8.49. The fourth-order valence-corrected chi connectivity index (χ4v) is 4.47. The smallest absolute Gasteiger partial charge is 0.261 e. The lowest BCUT2D eigenvalue weighted by molar-refractivity contribution is -0.128. The van der Waals surface area contributed by atoms with Gasteiger partial charge in [0.15, 0.2) is 0 Å². The van der Waals surface area contributed by atoms with Crippen molar-refractivity contribution in [1.82, 2.24) is 10.2 Å². The van der Waals surface area contributed by atoms with Crippen molar-refractivity contribution in [2.75, 3.05) is 19.7 Å². The molecule has 23 heavy (non-hydrogen) atoms. The summed E-state index contributed by atoms with van der Waals surface area (Å²) in [4.78, 5) is 28.1. The largest absolute Gasteiger partial charge is 0.373 e. The van der Waals surface area contributed by atoms with E-state index in [9.17, 15) is 9.59 Å². The molecule has 2 atom stereocenters.